The average Bonchev–Trinajstić information content (AvgIpc) is 2.46. The second-order valence-electron chi connectivity index (χ2n) is 4.36. The van der Waals surface area contributed by atoms with Gasteiger partial charge in [0.25, 0.3) is 0 Å². The molecule has 1 N–H and O–H groups in total. The second-order valence-corrected chi connectivity index (χ2v) is 4.36. The van der Waals surface area contributed by atoms with Gasteiger partial charge < -0.3 is 9.84 Å². The van der Waals surface area contributed by atoms with Gasteiger partial charge in [0.2, 0.25) is 0 Å². The predicted molar refractivity (Wildman–Crippen MR) is 78.0 cm³/mol. The Bertz CT molecular complexity index is 571. The minimum Gasteiger partial charge on any atom is -0.490 e. The Morgan fingerprint density at radius 1 is 1.00 bits per heavy atom. The lowest BCUT2D eigenvalue weighted by Crippen LogP contribution is -1.96. The lowest BCUT2D eigenvalue weighted by molar-refractivity contribution is -0.131. The van der Waals surface area contributed by atoms with E-state index in [0.29, 0.717) is 0 Å². The summed E-state index contributed by atoms with van der Waals surface area (Å²) in [5.41, 5.74) is 2.48. The van der Waals surface area contributed by atoms with E-state index in [-0.39, 0.29) is 6.61 Å². The lowest BCUT2D eigenvalue weighted by Gasteiger charge is -2.05. The molecule has 0 aliphatic rings. The number of benzene rings is 2. The number of carboxylic acid groups (broad SMARTS) is 1. The highest BCUT2D eigenvalue weighted by Gasteiger charge is 1.97. The molecule has 0 aromatic heterocycles. The summed E-state index contributed by atoms with van der Waals surface area (Å²) in [4.78, 5) is 10.3. The molecule has 20 heavy (non-hydrogen) atoms. The number of aliphatic carboxylic acids is 1. The summed E-state index contributed by atoms with van der Waals surface area (Å²) in [5, 5.41) is 8.44. The van der Waals surface area contributed by atoms with Crippen LogP contribution in [0.5, 0.6) is 5.75 Å². The van der Waals surface area contributed by atoms with Crippen molar-refractivity contribution in [3.05, 3.63) is 77.9 Å². The first-order valence-corrected chi connectivity index (χ1v) is 6.39. The largest absolute Gasteiger partial charge is 0.490 e. The molecular formula is C17H16O3. The van der Waals surface area contributed by atoms with Crippen molar-refractivity contribution >= 4 is 5.97 Å². The van der Waals surface area contributed by atoms with E-state index in [9.17, 15) is 4.79 Å². The quantitative estimate of drug-likeness (QED) is 0.818. The molecule has 0 saturated heterocycles. The van der Waals surface area contributed by atoms with Gasteiger partial charge in [0.15, 0.2) is 0 Å². The maximum absolute atomic E-state index is 10.3. The van der Waals surface area contributed by atoms with Crippen molar-refractivity contribution in [2.45, 2.75) is 6.42 Å². The van der Waals surface area contributed by atoms with Crippen LogP contribution in [0.4, 0.5) is 0 Å². The van der Waals surface area contributed by atoms with Crippen molar-refractivity contribution in [3.63, 3.8) is 0 Å². The molecular weight excluding hydrogens is 252 g/mol. The molecule has 102 valence electrons. The molecule has 0 bridgehead atoms. The normalized spacial score (nSPS) is 10.6. The molecule has 0 amide bonds. The molecule has 0 atom stereocenters. The number of carboxylic acids is 1. The summed E-state index contributed by atoms with van der Waals surface area (Å²) in [6.07, 6.45) is 3.43. The number of carbonyl (C=O) groups is 1. The summed E-state index contributed by atoms with van der Waals surface area (Å²) in [6, 6.07) is 18.1. The zero-order chi connectivity index (χ0) is 14.2. The molecule has 0 radical (unpaired) electrons. The fourth-order valence-electron chi connectivity index (χ4n) is 1.83. The maximum Gasteiger partial charge on any atom is 0.328 e. The van der Waals surface area contributed by atoms with Crippen LogP contribution in [-0.4, -0.2) is 17.7 Å². The molecule has 0 aliphatic heterocycles. The van der Waals surface area contributed by atoms with Crippen molar-refractivity contribution in [1.29, 1.82) is 0 Å². The molecule has 2 aromatic carbocycles. The minimum atomic E-state index is -0.966. The monoisotopic (exact) mass is 268 g/mol. The van der Waals surface area contributed by atoms with E-state index in [0.717, 1.165) is 18.2 Å². The molecule has 2 rings (SSSR count). The summed E-state index contributed by atoms with van der Waals surface area (Å²) in [5.74, 6) is -0.233. The number of hydrogen-bond acceptors (Lipinski definition) is 2. The van der Waals surface area contributed by atoms with Crippen LogP contribution in [0, 0.1) is 0 Å². The first-order valence-electron chi connectivity index (χ1n) is 6.39. The summed E-state index contributed by atoms with van der Waals surface area (Å²) in [7, 11) is 0. The smallest absolute Gasteiger partial charge is 0.328 e. The van der Waals surface area contributed by atoms with Gasteiger partial charge in [0.05, 0.1) is 0 Å². The van der Waals surface area contributed by atoms with E-state index in [1.54, 1.807) is 0 Å². The van der Waals surface area contributed by atoms with Crippen molar-refractivity contribution in [2.24, 2.45) is 0 Å². The van der Waals surface area contributed by atoms with Gasteiger partial charge in [-0.25, -0.2) is 4.79 Å². The first-order chi connectivity index (χ1) is 9.74. The number of rotatable bonds is 6. The number of ether oxygens (including phenoxy) is 1. The van der Waals surface area contributed by atoms with Gasteiger partial charge in [-0.3, -0.25) is 0 Å². The summed E-state index contributed by atoms with van der Waals surface area (Å²) >= 11 is 0. The fourth-order valence-corrected chi connectivity index (χ4v) is 1.83. The molecule has 0 fully saturated rings. The van der Waals surface area contributed by atoms with Crippen molar-refractivity contribution in [3.8, 4) is 5.75 Å². The molecule has 3 heteroatoms. The van der Waals surface area contributed by atoms with Crippen LogP contribution in [0.2, 0.25) is 0 Å². The highest BCUT2D eigenvalue weighted by atomic mass is 16.5. The third kappa shape index (κ3) is 4.61. The van der Waals surface area contributed by atoms with Gasteiger partial charge in [-0.05, 0) is 35.8 Å². The Morgan fingerprint density at radius 2 is 1.65 bits per heavy atom. The van der Waals surface area contributed by atoms with Crippen LogP contribution < -0.4 is 4.74 Å². The Morgan fingerprint density at radius 3 is 2.30 bits per heavy atom. The Labute approximate surface area is 118 Å². The van der Waals surface area contributed by atoms with Crippen molar-refractivity contribution in [2.75, 3.05) is 6.61 Å². The molecule has 2 aromatic rings. The van der Waals surface area contributed by atoms with Crippen molar-refractivity contribution in [1.82, 2.24) is 0 Å². The van der Waals surface area contributed by atoms with E-state index in [1.165, 1.54) is 17.2 Å². The third-order valence-electron chi connectivity index (χ3n) is 2.78. The average molecular weight is 268 g/mol. The Balaban J connectivity index is 1.88. The fraction of sp³-hybridized carbons (Fsp3) is 0.118. The van der Waals surface area contributed by atoms with Gasteiger partial charge >= 0.3 is 5.97 Å². The summed E-state index contributed by atoms with van der Waals surface area (Å²) in [6.45, 7) is 0.254. The van der Waals surface area contributed by atoms with Crippen LogP contribution in [0.15, 0.2) is 66.7 Å². The van der Waals surface area contributed by atoms with Crippen LogP contribution in [0.1, 0.15) is 11.1 Å². The molecule has 0 heterocycles. The third-order valence-corrected chi connectivity index (χ3v) is 2.78. The van der Waals surface area contributed by atoms with Crippen LogP contribution in [-0.2, 0) is 11.2 Å². The maximum atomic E-state index is 10.3. The van der Waals surface area contributed by atoms with E-state index >= 15 is 0 Å². The molecule has 0 spiro atoms. The minimum absolute atomic E-state index is 0.254. The SMILES string of the molecule is O=C(O)/C=C/COc1ccc(Cc2ccccc2)cc1. The first kappa shape index (κ1) is 13.9. The zero-order valence-electron chi connectivity index (χ0n) is 11.0. The van der Waals surface area contributed by atoms with Gasteiger partial charge in [-0.15, -0.1) is 0 Å². The Hall–Kier alpha value is -2.55. The van der Waals surface area contributed by atoms with Gasteiger partial charge in [-0.2, -0.15) is 0 Å². The molecule has 0 saturated carbocycles. The highest BCUT2D eigenvalue weighted by molar-refractivity contribution is 5.79. The topological polar surface area (TPSA) is 46.5 Å². The van der Waals surface area contributed by atoms with Crippen LogP contribution in [0.3, 0.4) is 0 Å². The Kier molecular flexibility index (Phi) is 4.95. The van der Waals surface area contributed by atoms with Crippen LogP contribution >= 0.6 is 0 Å². The molecule has 3 nitrogen and oxygen atoms in total. The van der Waals surface area contributed by atoms with Crippen LogP contribution in [0.25, 0.3) is 0 Å². The second kappa shape index (κ2) is 7.14. The van der Waals surface area contributed by atoms with Gasteiger partial charge in [0, 0.05) is 6.08 Å². The number of hydrogen-bond donors (Lipinski definition) is 1. The predicted octanol–water partition coefficient (Wildman–Crippen LogP) is 3.30. The summed E-state index contributed by atoms with van der Waals surface area (Å²) < 4.78 is 5.41. The van der Waals surface area contributed by atoms with Gasteiger partial charge in [-0.1, -0.05) is 42.5 Å². The molecule has 0 unspecified atom stereocenters. The van der Waals surface area contributed by atoms with E-state index in [2.05, 4.69) is 12.1 Å². The van der Waals surface area contributed by atoms with Gasteiger partial charge in [0.1, 0.15) is 12.4 Å². The van der Waals surface area contributed by atoms with E-state index < -0.39 is 5.97 Å². The van der Waals surface area contributed by atoms with E-state index in [1.807, 2.05) is 42.5 Å². The standard InChI is InChI=1S/C17H16O3/c18-17(19)7-4-12-20-16-10-8-15(9-11-16)13-14-5-2-1-3-6-14/h1-11H,12-13H2,(H,18,19)/b7-4+. The highest BCUT2D eigenvalue weighted by Crippen LogP contribution is 2.15. The zero-order valence-corrected chi connectivity index (χ0v) is 11.0. The molecule has 0 aliphatic carbocycles. The van der Waals surface area contributed by atoms with E-state index in [4.69, 9.17) is 9.84 Å². The van der Waals surface area contributed by atoms with Crippen molar-refractivity contribution < 1.29 is 14.6 Å². The lowest BCUT2D eigenvalue weighted by atomic mass is 10.1.